The number of amides is 1. The van der Waals surface area contributed by atoms with Crippen molar-refractivity contribution in [1.82, 2.24) is 9.97 Å². The van der Waals surface area contributed by atoms with Crippen LogP contribution in [0.1, 0.15) is 41.3 Å². The van der Waals surface area contributed by atoms with Gasteiger partial charge in [-0.05, 0) is 49.2 Å². The van der Waals surface area contributed by atoms with E-state index >= 15 is 0 Å². The lowest BCUT2D eigenvalue weighted by Crippen LogP contribution is -2.25. The van der Waals surface area contributed by atoms with Gasteiger partial charge in [0.05, 0.1) is 12.8 Å². The van der Waals surface area contributed by atoms with Gasteiger partial charge < -0.3 is 9.64 Å². The summed E-state index contributed by atoms with van der Waals surface area (Å²) < 4.78 is 5.24. The molecular weight excluding hydrogens is 390 g/mol. The first kappa shape index (κ1) is 22.2. The highest BCUT2D eigenvalue weighted by Gasteiger charge is 2.13. The molecule has 0 aliphatic carbocycles. The number of pyridine rings is 2. The monoisotopic (exact) mass is 417 g/mol. The molecule has 0 aliphatic heterocycles. The van der Waals surface area contributed by atoms with E-state index in [1.54, 1.807) is 37.5 Å². The maximum atomic E-state index is 12.6. The van der Waals surface area contributed by atoms with Gasteiger partial charge in [0.2, 0.25) is 11.8 Å². The van der Waals surface area contributed by atoms with Gasteiger partial charge in [-0.2, -0.15) is 0 Å². The number of rotatable bonds is 8. The van der Waals surface area contributed by atoms with E-state index in [0.29, 0.717) is 30.7 Å². The minimum atomic E-state index is 0.0242. The summed E-state index contributed by atoms with van der Waals surface area (Å²) in [5.74, 6) is 0.644. The number of hydrogen-bond donors (Lipinski definition) is 0. The number of aryl methyl sites for hydroxylation is 2. The zero-order valence-electron chi connectivity index (χ0n) is 18.4. The number of Topliss-reactive ketones (excluding diaryl/α,β-unsaturated/α-hetero) is 1. The third kappa shape index (κ3) is 5.15. The summed E-state index contributed by atoms with van der Waals surface area (Å²) in [5, 5.41) is 0. The van der Waals surface area contributed by atoms with E-state index in [2.05, 4.69) is 9.97 Å². The summed E-state index contributed by atoms with van der Waals surface area (Å²) in [7, 11) is 3.36. The number of carbonyl (C=O) groups excluding carboxylic acids is 2. The van der Waals surface area contributed by atoms with E-state index in [1.165, 1.54) is 0 Å². The Morgan fingerprint density at radius 3 is 2.55 bits per heavy atom. The highest BCUT2D eigenvalue weighted by Crippen LogP contribution is 2.26. The summed E-state index contributed by atoms with van der Waals surface area (Å²) >= 11 is 0. The van der Waals surface area contributed by atoms with Crippen LogP contribution >= 0.6 is 0 Å². The van der Waals surface area contributed by atoms with Crippen molar-refractivity contribution in [3.8, 4) is 17.1 Å². The Morgan fingerprint density at radius 2 is 1.90 bits per heavy atom. The Hall–Kier alpha value is -3.54. The molecule has 2 aromatic heterocycles. The fourth-order valence-electron chi connectivity index (χ4n) is 3.48. The SMILES string of the molecule is CCC(=O)N(C)c1ccc(-c2ccc(C(=O)CCc3cccnc3OC)cn2)cc1C. The number of nitrogens with zero attached hydrogens (tertiary/aromatic N) is 3. The number of carbonyl (C=O) groups is 2. The molecule has 3 aromatic rings. The molecule has 2 heterocycles. The molecule has 0 unspecified atom stereocenters. The normalized spacial score (nSPS) is 10.6. The molecule has 0 radical (unpaired) electrons. The number of ether oxygens (including phenoxy) is 1. The molecule has 1 aromatic carbocycles. The zero-order chi connectivity index (χ0) is 22.4. The Morgan fingerprint density at radius 1 is 1.10 bits per heavy atom. The summed E-state index contributed by atoms with van der Waals surface area (Å²) in [6.07, 6.45) is 4.66. The lowest BCUT2D eigenvalue weighted by atomic mass is 10.0. The van der Waals surface area contributed by atoms with Crippen LogP contribution in [0.3, 0.4) is 0 Å². The number of ketones is 1. The van der Waals surface area contributed by atoms with Crippen molar-refractivity contribution in [2.24, 2.45) is 0 Å². The molecule has 1 amide bonds. The number of benzene rings is 1. The Kier molecular flexibility index (Phi) is 7.13. The first-order chi connectivity index (χ1) is 14.9. The summed E-state index contributed by atoms with van der Waals surface area (Å²) in [4.78, 5) is 34.9. The predicted octanol–water partition coefficient (Wildman–Crippen LogP) is 4.65. The second-order valence-electron chi connectivity index (χ2n) is 7.33. The molecule has 0 bridgehead atoms. The van der Waals surface area contributed by atoms with Gasteiger partial charge in [-0.3, -0.25) is 14.6 Å². The second-order valence-corrected chi connectivity index (χ2v) is 7.33. The molecule has 0 N–H and O–H groups in total. The van der Waals surface area contributed by atoms with Gasteiger partial charge in [-0.25, -0.2) is 4.98 Å². The van der Waals surface area contributed by atoms with Crippen molar-refractivity contribution in [2.75, 3.05) is 19.1 Å². The fourth-order valence-corrected chi connectivity index (χ4v) is 3.48. The van der Waals surface area contributed by atoms with Gasteiger partial charge >= 0.3 is 0 Å². The van der Waals surface area contributed by atoms with Crippen LogP contribution < -0.4 is 9.64 Å². The van der Waals surface area contributed by atoms with Crippen molar-refractivity contribution >= 4 is 17.4 Å². The molecular formula is C25H27N3O3. The van der Waals surface area contributed by atoms with E-state index < -0.39 is 0 Å². The van der Waals surface area contributed by atoms with Gasteiger partial charge in [-0.1, -0.05) is 19.1 Å². The molecule has 0 atom stereocenters. The van der Waals surface area contributed by atoms with Gasteiger partial charge in [0, 0.05) is 54.7 Å². The van der Waals surface area contributed by atoms with Crippen LogP contribution in [0.2, 0.25) is 0 Å². The van der Waals surface area contributed by atoms with E-state index in [0.717, 1.165) is 28.1 Å². The third-order valence-corrected chi connectivity index (χ3v) is 5.28. The first-order valence-corrected chi connectivity index (χ1v) is 10.3. The van der Waals surface area contributed by atoms with E-state index in [4.69, 9.17) is 4.74 Å². The van der Waals surface area contributed by atoms with Crippen LogP contribution in [0.5, 0.6) is 5.88 Å². The molecule has 0 aliphatic rings. The lowest BCUT2D eigenvalue weighted by molar-refractivity contribution is -0.118. The second kappa shape index (κ2) is 9.98. The van der Waals surface area contributed by atoms with Crippen LogP contribution in [0.4, 0.5) is 5.69 Å². The van der Waals surface area contributed by atoms with Crippen molar-refractivity contribution in [3.63, 3.8) is 0 Å². The van der Waals surface area contributed by atoms with Crippen molar-refractivity contribution in [3.05, 3.63) is 71.5 Å². The summed E-state index contributed by atoms with van der Waals surface area (Å²) in [6.45, 7) is 3.82. The minimum absolute atomic E-state index is 0.0242. The van der Waals surface area contributed by atoms with Crippen molar-refractivity contribution in [1.29, 1.82) is 0 Å². The maximum Gasteiger partial charge on any atom is 0.226 e. The quantitative estimate of drug-likeness (QED) is 0.499. The maximum absolute atomic E-state index is 12.6. The molecule has 0 saturated heterocycles. The zero-order valence-corrected chi connectivity index (χ0v) is 18.4. The Bertz CT molecular complexity index is 1080. The van der Waals surface area contributed by atoms with Crippen LogP contribution in [0.25, 0.3) is 11.3 Å². The lowest BCUT2D eigenvalue weighted by Gasteiger charge is -2.19. The van der Waals surface area contributed by atoms with Crippen LogP contribution in [0, 0.1) is 6.92 Å². The van der Waals surface area contributed by atoms with Crippen LogP contribution in [0.15, 0.2) is 54.9 Å². The van der Waals surface area contributed by atoms with Gasteiger partial charge in [-0.15, -0.1) is 0 Å². The topological polar surface area (TPSA) is 72.4 Å². The number of aromatic nitrogens is 2. The molecule has 31 heavy (non-hydrogen) atoms. The van der Waals surface area contributed by atoms with Crippen molar-refractivity contribution in [2.45, 2.75) is 33.1 Å². The Balaban J connectivity index is 1.70. The van der Waals surface area contributed by atoms with Gasteiger partial charge in [0.25, 0.3) is 0 Å². The Labute approximate surface area is 182 Å². The van der Waals surface area contributed by atoms with E-state index in [1.807, 2.05) is 50.2 Å². The first-order valence-electron chi connectivity index (χ1n) is 10.3. The molecule has 6 heteroatoms. The number of hydrogen-bond acceptors (Lipinski definition) is 5. The summed E-state index contributed by atoms with van der Waals surface area (Å²) in [6, 6.07) is 13.3. The fraction of sp³-hybridized carbons (Fsp3) is 0.280. The van der Waals surface area contributed by atoms with E-state index in [9.17, 15) is 9.59 Å². The number of anilines is 1. The van der Waals surface area contributed by atoms with E-state index in [-0.39, 0.29) is 11.7 Å². The van der Waals surface area contributed by atoms with Gasteiger partial charge in [0.1, 0.15) is 0 Å². The van der Waals surface area contributed by atoms with Crippen LogP contribution in [-0.4, -0.2) is 35.8 Å². The van der Waals surface area contributed by atoms with Crippen molar-refractivity contribution < 1.29 is 14.3 Å². The van der Waals surface area contributed by atoms with Crippen LogP contribution in [-0.2, 0) is 11.2 Å². The highest BCUT2D eigenvalue weighted by molar-refractivity contribution is 5.96. The molecule has 0 saturated carbocycles. The average Bonchev–Trinajstić information content (AvgIpc) is 2.81. The molecule has 0 spiro atoms. The number of methoxy groups -OCH3 is 1. The minimum Gasteiger partial charge on any atom is -0.481 e. The largest absolute Gasteiger partial charge is 0.481 e. The van der Waals surface area contributed by atoms with Gasteiger partial charge in [0.15, 0.2) is 5.78 Å². The smallest absolute Gasteiger partial charge is 0.226 e. The molecule has 160 valence electrons. The molecule has 6 nitrogen and oxygen atoms in total. The standard InChI is InChI=1S/C25H27N3O3/c1-5-24(30)28(3)22-12-9-19(15-17(22)2)21-11-8-20(16-27-21)23(29)13-10-18-7-6-14-26-25(18)31-4/h6-9,11-12,14-16H,5,10,13H2,1-4H3. The average molecular weight is 418 g/mol. The summed E-state index contributed by atoms with van der Waals surface area (Å²) in [5.41, 5.74) is 5.09. The third-order valence-electron chi connectivity index (χ3n) is 5.28. The molecule has 3 rings (SSSR count). The predicted molar refractivity (Wildman–Crippen MR) is 122 cm³/mol. The molecule has 0 fully saturated rings. The highest BCUT2D eigenvalue weighted by atomic mass is 16.5.